The number of methoxy groups -OCH3 is 2. The molecule has 1 atom stereocenters. The topological polar surface area (TPSA) is 52.6 Å². The summed E-state index contributed by atoms with van der Waals surface area (Å²) in [6, 6.07) is 17.5. The van der Waals surface area contributed by atoms with Gasteiger partial charge in [-0.25, -0.2) is 0 Å². The van der Waals surface area contributed by atoms with Gasteiger partial charge in [0.1, 0.15) is 0 Å². The molecule has 3 rings (SSSR count). The third kappa shape index (κ3) is 5.45. The first-order chi connectivity index (χ1) is 16.0. The summed E-state index contributed by atoms with van der Waals surface area (Å²) in [5.74, 6) is 0.280. The minimum Gasteiger partial charge on any atom is -0.493 e. The molecule has 0 aliphatic rings. The Hall–Kier alpha value is -3.11. The fraction of sp³-hybridized carbons (Fsp3) is 0.286. The molecule has 171 valence electrons. The summed E-state index contributed by atoms with van der Waals surface area (Å²) in [5, 5.41) is 3.00. The highest BCUT2D eigenvalue weighted by Gasteiger charge is 2.26. The fourth-order valence-corrected chi connectivity index (χ4v) is 4.46. The molecule has 0 N–H and O–H groups in total. The van der Waals surface area contributed by atoms with Crippen LogP contribution in [0.15, 0.2) is 66.2 Å². The summed E-state index contributed by atoms with van der Waals surface area (Å²) in [6.45, 7) is 1.91. The molecule has 3 aromatic carbocycles. The molecule has 0 saturated heterocycles. The Balaban J connectivity index is 1.76. The minimum atomic E-state index is -0.518. The van der Waals surface area contributed by atoms with E-state index in [1.807, 2.05) is 49.6 Å². The van der Waals surface area contributed by atoms with Gasteiger partial charge in [0.15, 0.2) is 17.3 Å². The number of ether oxygens (including phenoxy) is 2. The number of ketones is 1. The van der Waals surface area contributed by atoms with Crippen molar-refractivity contribution in [3.8, 4) is 11.5 Å². The van der Waals surface area contributed by atoms with E-state index < -0.39 is 5.92 Å². The average molecular weight is 464 g/mol. The highest BCUT2D eigenvalue weighted by Crippen LogP contribution is 2.38. The zero-order valence-electron chi connectivity index (χ0n) is 19.2. The molecular formula is C28H28ClO4. The first kappa shape index (κ1) is 24.5. The zero-order chi connectivity index (χ0) is 23.8. The molecule has 0 fully saturated rings. The molecule has 3 aromatic rings. The number of para-hydroxylation sites is 1. The van der Waals surface area contributed by atoms with E-state index >= 15 is 0 Å². The molecule has 0 amide bonds. The van der Waals surface area contributed by atoms with Gasteiger partial charge in [0, 0.05) is 10.6 Å². The van der Waals surface area contributed by atoms with Crippen molar-refractivity contribution in [1.29, 1.82) is 0 Å². The van der Waals surface area contributed by atoms with Gasteiger partial charge in [0.05, 0.1) is 25.7 Å². The van der Waals surface area contributed by atoms with Crippen LogP contribution in [0.2, 0.25) is 5.02 Å². The molecule has 0 spiro atoms. The summed E-state index contributed by atoms with van der Waals surface area (Å²) in [6.07, 6.45) is 6.13. The van der Waals surface area contributed by atoms with Crippen LogP contribution < -0.4 is 9.47 Å². The molecule has 1 unspecified atom stereocenters. The molecule has 0 bridgehead atoms. The van der Waals surface area contributed by atoms with Gasteiger partial charge in [0.2, 0.25) is 6.29 Å². The monoisotopic (exact) mass is 463 g/mol. The first-order valence-corrected chi connectivity index (χ1v) is 11.4. The molecule has 0 aromatic heterocycles. The van der Waals surface area contributed by atoms with Crippen molar-refractivity contribution in [3.05, 3.63) is 82.4 Å². The number of fused-ring (bicyclic) bond motifs is 1. The van der Waals surface area contributed by atoms with Crippen molar-refractivity contribution in [2.75, 3.05) is 14.2 Å². The maximum Gasteiger partial charge on any atom is 0.236 e. The maximum absolute atomic E-state index is 13.2. The van der Waals surface area contributed by atoms with Crippen molar-refractivity contribution < 1.29 is 19.1 Å². The number of hydrogen-bond acceptors (Lipinski definition) is 4. The van der Waals surface area contributed by atoms with Crippen LogP contribution in [0.1, 0.15) is 43.2 Å². The number of hydrogen-bond donors (Lipinski definition) is 0. The van der Waals surface area contributed by atoms with Gasteiger partial charge in [0.25, 0.3) is 0 Å². The van der Waals surface area contributed by atoms with Crippen LogP contribution in [0.5, 0.6) is 11.5 Å². The van der Waals surface area contributed by atoms with Gasteiger partial charge in [-0.1, -0.05) is 67.1 Å². The average Bonchev–Trinajstić information content (AvgIpc) is 2.85. The van der Waals surface area contributed by atoms with E-state index in [1.165, 1.54) is 0 Å². The van der Waals surface area contributed by atoms with Crippen LogP contribution in [0, 0.1) is 0 Å². The summed E-state index contributed by atoms with van der Waals surface area (Å²) in [7, 11) is 3.09. The Labute approximate surface area is 200 Å². The Kier molecular flexibility index (Phi) is 8.67. The smallest absolute Gasteiger partial charge is 0.236 e. The molecule has 0 aliphatic carbocycles. The van der Waals surface area contributed by atoms with Crippen molar-refractivity contribution in [3.63, 3.8) is 0 Å². The van der Waals surface area contributed by atoms with Gasteiger partial charge in [-0.15, -0.1) is 0 Å². The van der Waals surface area contributed by atoms with E-state index in [1.54, 1.807) is 26.4 Å². The van der Waals surface area contributed by atoms with Gasteiger partial charge < -0.3 is 9.47 Å². The normalized spacial score (nSPS) is 12.4. The molecule has 0 saturated carbocycles. The Morgan fingerprint density at radius 2 is 1.85 bits per heavy atom. The van der Waals surface area contributed by atoms with Gasteiger partial charge in [-0.3, -0.25) is 9.59 Å². The molecular weight excluding hydrogens is 436 g/mol. The molecule has 4 nitrogen and oxygen atoms in total. The first-order valence-electron chi connectivity index (χ1n) is 11.0. The second kappa shape index (κ2) is 11.7. The SMILES string of the molecule is CCC(C(=O)C([C]=O)=CCCCc1c(Cl)ccc2ccccc12)c1cccc(OC)c1OC. The predicted molar refractivity (Wildman–Crippen MR) is 133 cm³/mol. The van der Waals surface area contributed by atoms with Gasteiger partial charge in [-0.2, -0.15) is 0 Å². The van der Waals surface area contributed by atoms with Gasteiger partial charge in [-0.05, 0) is 54.2 Å². The third-order valence-electron chi connectivity index (χ3n) is 5.87. The van der Waals surface area contributed by atoms with Crippen molar-refractivity contribution in [2.45, 2.75) is 38.5 Å². The molecule has 1 radical (unpaired) electrons. The number of carbonyl (C=O) groups is 1. The number of allylic oxidation sites excluding steroid dienone is 2. The number of Topliss-reactive ketones (excluding diaryl/α,β-unsaturated/α-hetero) is 1. The molecule has 0 aliphatic heterocycles. The van der Waals surface area contributed by atoms with Crippen LogP contribution in [-0.4, -0.2) is 26.3 Å². The lowest BCUT2D eigenvalue weighted by atomic mass is 9.87. The summed E-state index contributed by atoms with van der Waals surface area (Å²) in [4.78, 5) is 24.9. The minimum absolute atomic E-state index is 0.0655. The summed E-state index contributed by atoms with van der Waals surface area (Å²) >= 11 is 6.45. The standard InChI is InChI=1S/C28H28ClO4/c1-4-21(24-14-9-15-26(32-2)28(24)33-3)27(31)20(18-30)11-6-8-13-23-22-12-7-5-10-19(22)16-17-25(23)29/h5,7,9-12,14-17,21H,4,6,8,13H2,1-3H3. The van der Waals surface area contributed by atoms with Crippen LogP contribution >= 0.6 is 11.6 Å². The van der Waals surface area contributed by atoms with Crippen LogP contribution in [0.4, 0.5) is 0 Å². The number of carbonyl (C=O) groups excluding carboxylic acids is 2. The number of benzene rings is 3. The van der Waals surface area contributed by atoms with E-state index in [0.29, 0.717) is 29.9 Å². The predicted octanol–water partition coefficient (Wildman–Crippen LogP) is 6.63. The fourth-order valence-electron chi connectivity index (χ4n) is 4.20. The van der Waals surface area contributed by atoms with E-state index in [2.05, 4.69) is 12.1 Å². The Bertz CT molecular complexity index is 1170. The van der Waals surface area contributed by atoms with Crippen molar-refractivity contribution >= 4 is 34.4 Å². The number of halogens is 1. The second-order valence-corrected chi connectivity index (χ2v) is 8.17. The highest BCUT2D eigenvalue weighted by molar-refractivity contribution is 6.32. The third-order valence-corrected chi connectivity index (χ3v) is 6.23. The molecule has 5 heteroatoms. The largest absolute Gasteiger partial charge is 0.493 e. The van der Waals surface area contributed by atoms with E-state index in [4.69, 9.17) is 21.1 Å². The lowest BCUT2D eigenvalue weighted by Crippen LogP contribution is -2.16. The quantitative estimate of drug-likeness (QED) is 0.138. The lowest BCUT2D eigenvalue weighted by molar-refractivity contribution is -0.116. The second-order valence-electron chi connectivity index (χ2n) is 7.77. The van der Waals surface area contributed by atoms with E-state index in [0.717, 1.165) is 34.2 Å². The van der Waals surface area contributed by atoms with Crippen molar-refractivity contribution in [1.82, 2.24) is 0 Å². The Morgan fingerprint density at radius 3 is 2.55 bits per heavy atom. The number of rotatable bonds is 11. The van der Waals surface area contributed by atoms with Crippen LogP contribution in [0.3, 0.4) is 0 Å². The van der Waals surface area contributed by atoms with Crippen LogP contribution in [0.25, 0.3) is 10.8 Å². The number of unbranched alkanes of at least 4 members (excludes halogenated alkanes) is 1. The van der Waals surface area contributed by atoms with Crippen LogP contribution in [-0.2, 0) is 16.0 Å². The Morgan fingerprint density at radius 1 is 1.06 bits per heavy atom. The highest BCUT2D eigenvalue weighted by atomic mass is 35.5. The number of aryl methyl sites for hydroxylation is 1. The lowest BCUT2D eigenvalue weighted by Gasteiger charge is -2.19. The summed E-state index contributed by atoms with van der Waals surface area (Å²) in [5.41, 5.74) is 1.85. The zero-order valence-corrected chi connectivity index (χ0v) is 19.9. The summed E-state index contributed by atoms with van der Waals surface area (Å²) < 4.78 is 10.9. The molecule has 33 heavy (non-hydrogen) atoms. The van der Waals surface area contributed by atoms with Crippen molar-refractivity contribution in [2.24, 2.45) is 0 Å². The molecule has 0 heterocycles. The maximum atomic E-state index is 13.2. The van der Waals surface area contributed by atoms with E-state index in [-0.39, 0.29) is 11.4 Å². The van der Waals surface area contributed by atoms with Gasteiger partial charge >= 0.3 is 0 Å². The van der Waals surface area contributed by atoms with E-state index in [9.17, 15) is 9.59 Å².